The zero-order valence-electron chi connectivity index (χ0n) is 18.2. The van der Waals surface area contributed by atoms with Gasteiger partial charge in [0.05, 0.1) is 12.7 Å². The van der Waals surface area contributed by atoms with Crippen LogP contribution in [0.5, 0.6) is 0 Å². The van der Waals surface area contributed by atoms with Gasteiger partial charge in [0.2, 0.25) is 15.9 Å². The van der Waals surface area contributed by atoms with Crippen molar-refractivity contribution in [3.63, 3.8) is 0 Å². The highest BCUT2D eigenvalue weighted by Crippen LogP contribution is 2.21. The quantitative estimate of drug-likeness (QED) is 0.450. The van der Waals surface area contributed by atoms with E-state index in [4.69, 9.17) is 0 Å². The van der Waals surface area contributed by atoms with E-state index >= 15 is 0 Å². The van der Waals surface area contributed by atoms with Gasteiger partial charge in [0.25, 0.3) is 0 Å². The zero-order chi connectivity index (χ0) is 22.4. The number of carbonyl (C=O) groups excluding carboxylic acids is 1. The highest BCUT2D eigenvalue weighted by atomic mass is 32.2. The molecule has 31 heavy (non-hydrogen) atoms. The lowest BCUT2D eigenvalue weighted by Gasteiger charge is -2.09. The minimum atomic E-state index is -3.30. The Kier molecular flexibility index (Phi) is 7.35. The molecular weight excluding hydrogens is 412 g/mol. The Labute approximate surface area is 183 Å². The molecule has 1 aromatic heterocycles. The van der Waals surface area contributed by atoms with E-state index in [2.05, 4.69) is 58.4 Å². The van der Waals surface area contributed by atoms with Crippen molar-refractivity contribution in [2.24, 2.45) is 0 Å². The van der Waals surface area contributed by atoms with E-state index in [1.165, 1.54) is 16.5 Å². The molecule has 1 heterocycles. The van der Waals surface area contributed by atoms with Gasteiger partial charge in [-0.3, -0.25) is 9.52 Å². The van der Waals surface area contributed by atoms with Crippen molar-refractivity contribution in [3.05, 3.63) is 65.4 Å². The van der Waals surface area contributed by atoms with Crippen LogP contribution in [0.3, 0.4) is 0 Å². The number of sulfonamides is 1. The van der Waals surface area contributed by atoms with E-state index in [-0.39, 0.29) is 12.3 Å². The maximum Gasteiger partial charge on any atom is 0.229 e. The number of H-pyrrole nitrogens is 1. The van der Waals surface area contributed by atoms with Crippen molar-refractivity contribution < 1.29 is 13.2 Å². The topological polar surface area (TPSA) is 94.3 Å². The summed E-state index contributed by atoms with van der Waals surface area (Å²) < 4.78 is 24.9. The maximum atomic E-state index is 12.3. The number of aromatic nitrogens is 1. The van der Waals surface area contributed by atoms with E-state index < -0.39 is 10.0 Å². The van der Waals surface area contributed by atoms with Crippen LogP contribution in [0.15, 0.2) is 48.7 Å². The second-order valence-corrected chi connectivity index (χ2v) is 9.84. The minimum Gasteiger partial charge on any atom is -0.361 e. The monoisotopic (exact) mass is 442 g/mol. The Balaban J connectivity index is 1.51. The summed E-state index contributed by atoms with van der Waals surface area (Å²) in [6.45, 7) is 1.56. The summed E-state index contributed by atoms with van der Waals surface area (Å²) in [5.41, 5.74) is 4.95. The number of nitrogens with zero attached hydrogens (tertiary/aromatic N) is 1. The molecule has 1 amide bonds. The van der Waals surface area contributed by atoms with E-state index in [0.717, 1.165) is 36.7 Å². The van der Waals surface area contributed by atoms with Gasteiger partial charge in [0.1, 0.15) is 0 Å². The van der Waals surface area contributed by atoms with Gasteiger partial charge in [-0.25, -0.2) is 8.42 Å². The number of hydrogen-bond acceptors (Lipinski definition) is 4. The van der Waals surface area contributed by atoms with Gasteiger partial charge in [-0.1, -0.05) is 18.2 Å². The molecule has 3 N–H and O–H groups in total. The molecule has 166 valence electrons. The first-order valence-corrected chi connectivity index (χ1v) is 12.2. The van der Waals surface area contributed by atoms with Crippen molar-refractivity contribution in [1.82, 2.24) is 15.2 Å². The van der Waals surface area contributed by atoms with Gasteiger partial charge in [0.15, 0.2) is 0 Å². The molecule has 0 aliphatic carbocycles. The molecule has 0 aliphatic heterocycles. The average Bonchev–Trinajstić information content (AvgIpc) is 3.09. The largest absolute Gasteiger partial charge is 0.361 e. The van der Waals surface area contributed by atoms with Crippen molar-refractivity contribution in [1.29, 1.82) is 0 Å². The molecule has 0 bridgehead atoms. The molecule has 3 aromatic rings. The van der Waals surface area contributed by atoms with Crippen LogP contribution in [0.2, 0.25) is 0 Å². The maximum absolute atomic E-state index is 12.3. The number of rotatable bonds is 10. The summed E-state index contributed by atoms with van der Waals surface area (Å²) in [5.74, 6) is -0.0572. The second kappa shape index (κ2) is 9.98. The van der Waals surface area contributed by atoms with E-state index in [0.29, 0.717) is 12.2 Å². The lowest BCUT2D eigenvalue weighted by Crippen LogP contribution is -2.27. The Morgan fingerprint density at radius 3 is 2.42 bits per heavy atom. The second-order valence-electron chi connectivity index (χ2n) is 8.10. The Bertz CT molecular complexity index is 1140. The van der Waals surface area contributed by atoms with Crippen LogP contribution < -0.4 is 10.0 Å². The summed E-state index contributed by atoms with van der Waals surface area (Å²) in [6.07, 6.45) is 5.19. The molecule has 0 unspecified atom stereocenters. The molecule has 8 heteroatoms. The number of likely N-dealkylation sites (N-methyl/N-ethyl adjacent to an activating group) is 1. The Morgan fingerprint density at radius 1 is 1.03 bits per heavy atom. The predicted octanol–water partition coefficient (Wildman–Crippen LogP) is 2.54. The number of hydrogen-bond donors (Lipinski definition) is 3. The number of nitrogens with one attached hydrogen (secondary N) is 3. The van der Waals surface area contributed by atoms with Gasteiger partial charge < -0.3 is 15.2 Å². The molecule has 0 saturated carbocycles. The summed E-state index contributed by atoms with van der Waals surface area (Å²) in [4.78, 5) is 17.8. The smallest absolute Gasteiger partial charge is 0.229 e. The molecule has 0 fully saturated rings. The normalized spacial score (nSPS) is 11.7. The van der Waals surface area contributed by atoms with Crippen LogP contribution >= 0.6 is 0 Å². The first-order chi connectivity index (χ1) is 14.7. The van der Waals surface area contributed by atoms with Gasteiger partial charge in [-0.05, 0) is 67.9 Å². The third-order valence-corrected chi connectivity index (χ3v) is 5.62. The van der Waals surface area contributed by atoms with Crippen LogP contribution in [0.4, 0.5) is 5.69 Å². The van der Waals surface area contributed by atoms with Gasteiger partial charge in [-0.2, -0.15) is 0 Å². The van der Waals surface area contributed by atoms with Crippen molar-refractivity contribution in [2.75, 3.05) is 38.2 Å². The molecule has 0 saturated heterocycles. The number of amides is 1. The summed E-state index contributed by atoms with van der Waals surface area (Å²) in [7, 11) is 0.842. The number of benzene rings is 2. The number of fused-ring (bicyclic) bond motifs is 1. The van der Waals surface area contributed by atoms with Crippen molar-refractivity contribution >= 4 is 32.5 Å². The van der Waals surface area contributed by atoms with Gasteiger partial charge >= 0.3 is 0 Å². The van der Waals surface area contributed by atoms with E-state index in [9.17, 15) is 13.2 Å². The number of carbonyl (C=O) groups is 1. The van der Waals surface area contributed by atoms with Crippen LogP contribution in [0.25, 0.3) is 10.9 Å². The van der Waals surface area contributed by atoms with Crippen molar-refractivity contribution in [3.8, 4) is 0 Å². The lowest BCUT2D eigenvalue weighted by atomic mass is 10.1. The fourth-order valence-corrected chi connectivity index (χ4v) is 4.00. The Hall–Kier alpha value is -2.84. The third kappa shape index (κ3) is 7.11. The molecule has 0 atom stereocenters. The Morgan fingerprint density at radius 2 is 1.74 bits per heavy atom. The van der Waals surface area contributed by atoms with Gasteiger partial charge in [-0.15, -0.1) is 0 Å². The van der Waals surface area contributed by atoms with E-state index in [1.807, 2.05) is 0 Å². The summed E-state index contributed by atoms with van der Waals surface area (Å²) in [6, 6.07) is 13.2. The number of anilines is 1. The van der Waals surface area contributed by atoms with Crippen LogP contribution in [-0.2, 0) is 34.1 Å². The SMILES string of the molecule is CN(C)CCc1c[nH]c2ccc(CCNC(=O)Cc3ccc(NS(C)(=O)=O)cc3)cc12. The third-order valence-electron chi connectivity index (χ3n) is 5.02. The van der Waals surface area contributed by atoms with Crippen LogP contribution in [-0.4, -0.2) is 57.6 Å². The molecular formula is C23H30N4O3S. The fourth-order valence-electron chi connectivity index (χ4n) is 3.43. The van der Waals surface area contributed by atoms with Crippen molar-refractivity contribution in [2.45, 2.75) is 19.3 Å². The minimum absolute atomic E-state index is 0.0572. The molecule has 7 nitrogen and oxygen atoms in total. The molecule has 0 aliphatic rings. The molecule has 3 rings (SSSR count). The predicted molar refractivity (Wildman–Crippen MR) is 126 cm³/mol. The highest BCUT2D eigenvalue weighted by molar-refractivity contribution is 7.92. The van der Waals surface area contributed by atoms with Crippen LogP contribution in [0.1, 0.15) is 16.7 Å². The zero-order valence-corrected chi connectivity index (χ0v) is 19.1. The summed E-state index contributed by atoms with van der Waals surface area (Å²) >= 11 is 0. The number of aromatic amines is 1. The molecule has 2 aromatic carbocycles. The lowest BCUT2D eigenvalue weighted by molar-refractivity contribution is -0.120. The van der Waals surface area contributed by atoms with Crippen LogP contribution in [0, 0.1) is 0 Å². The molecule has 0 radical (unpaired) electrons. The average molecular weight is 443 g/mol. The molecule has 0 spiro atoms. The van der Waals surface area contributed by atoms with Gasteiger partial charge in [0, 0.05) is 35.9 Å². The first kappa shape index (κ1) is 22.8. The van der Waals surface area contributed by atoms with E-state index in [1.54, 1.807) is 24.3 Å². The summed E-state index contributed by atoms with van der Waals surface area (Å²) in [5, 5.41) is 4.21. The fraction of sp³-hybridized carbons (Fsp3) is 0.348. The highest BCUT2D eigenvalue weighted by Gasteiger charge is 2.08. The first-order valence-electron chi connectivity index (χ1n) is 10.3. The standard InChI is InChI=1S/C23H30N4O3S/c1-27(2)13-11-19-16-25-22-9-6-18(14-21(19)22)10-12-24-23(28)15-17-4-7-20(8-5-17)26-31(3,29)30/h4-9,14,16,25-26H,10-13,15H2,1-3H3,(H,24,28).